The molecule has 0 bridgehead atoms. The van der Waals surface area contributed by atoms with Crippen molar-refractivity contribution in [2.24, 2.45) is 0 Å². The Morgan fingerprint density at radius 3 is 2.14 bits per heavy atom. The van der Waals surface area contributed by atoms with Crippen LogP contribution in [0.4, 0.5) is 17.1 Å². The maximum absolute atomic E-state index is 6.23. The summed E-state index contributed by atoms with van der Waals surface area (Å²) in [4.78, 5) is 7.24. The quantitative estimate of drug-likeness (QED) is 0.209. The molecule has 0 atom stereocenters. The van der Waals surface area contributed by atoms with Crippen LogP contribution in [0.25, 0.3) is 62.9 Å². The van der Waals surface area contributed by atoms with E-state index in [0.717, 1.165) is 33.7 Å². The standard InChI is InChI=1S/C37H22N2OS2/c1-3-10-23(11-4-1)37-38-30-21-29-27-15-9-16-31(36(27)42-35(29)22-32(30)40-37)39(24-12-5-2-6-13-24)25-18-19-34-28(20-25)26-14-7-8-17-33(26)41-34/h1-22H. The molecule has 0 aliphatic carbocycles. The van der Waals surface area contributed by atoms with Crippen LogP contribution in [-0.4, -0.2) is 4.98 Å². The van der Waals surface area contributed by atoms with E-state index in [2.05, 4.69) is 108 Å². The lowest BCUT2D eigenvalue weighted by Crippen LogP contribution is -2.09. The number of benzene rings is 6. The SMILES string of the molecule is c1ccc(-c2nc3cc4c(cc3o2)sc2c(N(c3ccccc3)c3ccc5sc6ccccc6c5c3)cccc24)cc1. The number of thiophene rings is 2. The summed E-state index contributed by atoms with van der Waals surface area (Å²) in [7, 11) is 0. The number of para-hydroxylation sites is 1. The first kappa shape index (κ1) is 23.7. The van der Waals surface area contributed by atoms with Gasteiger partial charge >= 0.3 is 0 Å². The van der Waals surface area contributed by atoms with Crippen molar-refractivity contribution in [2.75, 3.05) is 4.90 Å². The summed E-state index contributed by atoms with van der Waals surface area (Å²) in [5, 5.41) is 5.02. The van der Waals surface area contributed by atoms with Gasteiger partial charge in [-0.1, -0.05) is 66.7 Å². The summed E-state index contributed by atoms with van der Waals surface area (Å²) in [5.41, 5.74) is 6.10. The molecule has 0 saturated heterocycles. The Morgan fingerprint density at radius 2 is 1.26 bits per heavy atom. The smallest absolute Gasteiger partial charge is 0.227 e. The van der Waals surface area contributed by atoms with E-state index in [-0.39, 0.29) is 0 Å². The first-order valence-corrected chi connectivity index (χ1v) is 15.5. The Bertz CT molecular complexity index is 2420. The van der Waals surface area contributed by atoms with Crippen LogP contribution < -0.4 is 4.90 Å². The second-order valence-corrected chi connectivity index (χ2v) is 12.5. The van der Waals surface area contributed by atoms with Crippen LogP contribution in [0.2, 0.25) is 0 Å². The molecule has 3 aromatic heterocycles. The Hall–Kier alpha value is -4.97. The minimum atomic E-state index is 0.653. The summed E-state index contributed by atoms with van der Waals surface area (Å²) in [6.07, 6.45) is 0. The van der Waals surface area contributed by atoms with Gasteiger partial charge in [0.1, 0.15) is 5.52 Å². The monoisotopic (exact) mass is 574 g/mol. The van der Waals surface area contributed by atoms with Gasteiger partial charge in [0.25, 0.3) is 0 Å². The molecule has 0 amide bonds. The molecule has 3 nitrogen and oxygen atoms in total. The zero-order valence-electron chi connectivity index (χ0n) is 22.3. The summed E-state index contributed by atoms with van der Waals surface area (Å²) >= 11 is 3.66. The average Bonchev–Trinajstić information content (AvgIpc) is 3.74. The van der Waals surface area contributed by atoms with Crippen LogP contribution in [0, 0.1) is 0 Å². The van der Waals surface area contributed by atoms with E-state index < -0.39 is 0 Å². The second kappa shape index (κ2) is 9.28. The maximum atomic E-state index is 6.23. The molecule has 198 valence electrons. The molecule has 0 spiro atoms. The average molecular weight is 575 g/mol. The normalized spacial score (nSPS) is 11.8. The van der Waals surface area contributed by atoms with Gasteiger partial charge in [-0.3, -0.25) is 0 Å². The van der Waals surface area contributed by atoms with Crippen molar-refractivity contribution in [1.82, 2.24) is 4.98 Å². The van der Waals surface area contributed by atoms with Gasteiger partial charge in [0.05, 0.1) is 10.4 Å². The second-order valence-electron chi connectivity index (χ2n) is 10.4. The summed E-state index contributed by atoms with van der Waals surface area (Å²) < 4.78 is 11.3. The van der Waals surface area contributed by atoms with Gasteiger partial charge in [0.15, 0.2) is 5.58 Å². The first-order chi connectivity index (χ1) is 20.8. The predicted octanol–water partition coefficient (Wildman–Crippen LogP) is 11.7. The van der Waals surface area contributed by atoms with Gasteiger partial charge in [-0.25, -0.2) is 4.98 Å². The molecular weight excluding hydrogens is 553 g/mol. The third-order valence-electron chi connectivity index (χ3n) is 7.88. The number of rotatable bonds is 4. The molecule has 9 aromatic rings. The zero-order chi connectivity index (χ0) is 27.6. The minimum absolute atomic E-state index is 0.653. The Labute approximate surface area is 249 Å². The molecule has 0 N–H and O–H groups in total. The highest BCUT2D eigenvalue weighted by Gasteiger charge is 2.20. The minimum Gasteiger partial charge on any atom is -0.436 e. The van der Waals surface area contributed by atoms with E-state index in [1.807, 2.05) is 41.7 Å². The highest BCUT2D eigenvalue weighted by molar-refractivity contribution is 7.26. The van der Waals surface area contributed by atoms with E-state index in [1.165, 1.54) is 40.3 Å². The number of fused-ring (bicyclic) bond motifs is 7. The van der Waals surface area contributed by atoms with Crippen LogP contribution in [0.5, 0.6) is 0 Å². The summed E-state index contributed by atoms with van der Waals surface area (Å²) in [6, 6.07) is 47.2. The van der Waals surface area contributed by atoms with Crippen molar-refractivity contribution in [3.63, 3.8) is 0 Å². The van der Waals surface area contributed by atoms with Crippen LogP contribution in [-0.2, 0) is 0 Å². The molecule has 6 aromatic carbocycles. The number of aromatic nitrogens is 1. The predicted molar refractivity (Wildman–Crippen MR) is 180 cm³/mol. The molecule has 3 heterocycles. The Morgan fingerprint density at radius 1 is 0.524 bits per heavy atom. The molecule has 0 radical (unpaired) electrons. The highest BCUT2D eigenvalue weighted by Crippen LogP contribution is 2.47. The van der Waals surface area contributed by atoms with Crippen LogP contribution in [0.15, 0.2) is 138 Å². The Kier molecular flexibility index (Phi) is 5.24. The van der Waals surface area contributed by atoms with Gasteiger partial charge in [0, 0.05) is 58.6 Å². The van der Waals surface area contributed by atoms with Crippen molar-refractivity contribution in [2.45, 2.75) is 0 Å². The molecule has 0 aliphatic heterocycles. The van der Waals surface area contributed by atoms with Crippen molar-refractivity contribution >= 4 is 91.2 Å². The van der Waals surface area contributed by atoms with E-state index in [9.17, 15) is 0 Å². The fraction of sp³-hybridized carbons (Fsp3) is 0. The van der Waals surface area contributed by atoms with E-state index in [1.54, 1.807) is 11.3 Å². The topological polar surface area (TPSA) is 29.3 Å². The lowest BCUT2D eigenvalue weighted by Gasteiger charge is -2.26. The van der Waals surface area contributed by atoms with E-state index in [4.69, 9.17) is 9.40 Å². The van der Waals surface area contributed by atoms with Gasteiger partial charge in [-0.15, -0.1) is 22.7 Å². The fourth-order valence-electron chi connectivity index (χ4n) is 5.94. The summed E-state index contributed by atoms with van der Waals surface area (Å²) in [6.45, 7) is 0. The van der Waals surface area contributed by atoms with Gasteiger partial charge in [-0.05, 0) is 60.7 Å². The lowest BCUT2D eigenvalue weighted by molar-refractivity contribution is 0.620. The van der Waals surface area contributed by atoms with Gasteiger partial charge in [-0.2, -0.15) is 0 Å². The van der Waals surface area contributed by atoms with Crippen LogP contribution in [0.3, 0.4) is 0 Å². The molecule has 0 fully saturated rings. The van der Waals surface area contributed by atoms with E-state index >= 15 is 0 Å². The van der Waals surface area contributed by atoms with E-state index in [0.29, 0.717) is 5.89 Å². The molecule has 9 rings (SSSR count). The largest absolute Gasteiger partial charge is 0.436 e. The number of hydrogen-bond acceptors (Lipinski definition) is 5. The third kappa shape index (κ3) is 3.68. The van der Waals surface area contributed by atoms with Crippen molar-refractivity contribution in [1.29, 1.82) is 0 Å². The number of oxazole rings is 1. The fourth-order valence-corrected chi connectivity index (χ4v) is 8.25. The van der Waals surface area contributed by atoms with Crippen LogP contribution in [0.1, 0.15) is 0 Å². The van der Waals surface area contributed by atoms with Gasteiger partial charge in [0.2, 0.25) is 5.89 Å². The highest BCUT2D eigenvalue weighted by atomic mass is 32.1. The van der Waals surface area contributed by atoms with Gasteiger partial charge < -0.3 is 9.32 Å². The van der Waals surface area contributed by atoms with Crippen molar-refractivity contribution in [3.05, 3.63) is 133 Å². The zero-order valence-corrected chi connectivity index (χ0v) is 24.0. The molecule has 0 aliphatic rings. The molecule has 5 heteroatoms. The molecule has 42 heavy (non-hydrogen) atoms. The third-order valence-corrected chi connectivity index (χ3v) is 10.2. The lowest BCUT2D eigenvalue weighted by atomic mass is 10.1. The summed E-state index contributed by atoms with van der Waals surface area (Å²) in [5.74, 6) is 0.653. The van der Waals surface area contributed by atoms with Crippen LogP contribution >= 0.6 is 22.7 Å². The molecule has 0 saturated carbocycles. The molecule has 0 unspecified atom stereocenters. The number of hydrogen-bond donors (Lipinski definition) is 0. The number of nitrogens with zero attached hydrogens (tertiary/aromatic N) is 2. The molecular formula is C37H22N2OS2. The van der Waals surface area contributed by atoms with Crippen molar-refractivity contribution < 1.29 is 4.42 Å². The number of anilines is 3. The Balaban J connectivity index is 1.26. The maximum Gasteiger partial charge on any atom is 0.227 e. The van der Waals surface area contributed by atoms with Crippen molar-refractivity contribution in [3.8, 4) is 11.5 Å². The first-order valence-electron chi connectivity index (χ1n) is 13.9.